The number of benzene rings is 2. The van der Waals surface area contributed by atoms with Crippen LogP contribution in [0.15, 0.2) is 77.3 Å². The Balaban J connectivity index is 0.000000237. The predicted molar refractivity (Wildman–Crippen MR) is 116 cm³/mol. The van der Waals surface area contributed by atoms with Crippen LogP contribution in [0.3, 0.4) is 0 Å². The van der Waals surface area contributed by atoms with Gasteiger partial charge in [-0.05, 0) is 18.4 Å². The summed E-state index contributed by atoms with van der Waals surface area (Å²) in [5.74, 6) is 0. The van der Waals surface area contributed by atoms with E-state index in [1.165, 1.54) is 17.7 Å². The lowest BCUT2D eigenvalue weighted by Gasteiger charge is -2.18. The maximum Gasteiger partial charge on any atom is 0.415 e. The maximum atomic E-state index is 11.7. The summed E-state index contributed by atoms with van der Waals surface area (Å²) in [7, 11) is 0. The summed E-state index contributed by atoms with van der Waals surface area (Å²) >= 11 is 0. The number of para-hydroxylation sites is 2. The number of hydrogen-bond acceptors (Lipinski definition) is 2. The Labute approximate surface area is 169 Å². The standard InChI is InChI=1S/C16H17NO.C8H9F3/c1-16(2,3)12-8-4-6-10-11-7-5-9-13(17)15(11)18-14(10)12;1-3-4-5-6-7(2)8(9,10)11/h4-9H,17H2,1-3H3;3-6H,2H2,1H3/b;4-3-,6-5-. The highest BCUT2D eigenvalue weighted by Crippen LogP contribution is 2.37. The third-order valence-electron chi connectivity index (χ3n) is 4.33. The van der Waals surface area contributed by atoms with Crippen molar-refractivity contribution in [3.63, 3.8) is 0 Å². The third kappa shape index (κ3) is 5.31. The van der Waals surface area contributed by atoms with Gasteiger partial charge in [-0.1, -0.05) is 82.0 Å². The molecule has 0 unspecified atom stereocenters. The van der Waals surface area contributed by atoms with Crippen LogP contribution in [0.25, 0.3) is 21.9 Å². The number of nitrogen functional groups attached to an aromatic ring is 1. The van der Waals surface area contributed by atoms with Crippen LogP contribution in [0.2, 0.25) is 0 Å². The van der Waals surface area contributed by atoms with E-state index in [1.807, 2.05) is 12.1 Å². The number of fused-ring (bicyclic) bond motifs is 3. The van der Waals surface area contributed by atoms with E-state index in [0.29, 0.717) is 5.69 Å². The second-order valence-electron chi connectivity index (χ2n) is 7.67. The fourth-order valence-corrected chi connectivity index (χ4v) is 2.81. The van der Waals surface area contributed by atoms with E-state index in [1.54, 1.807) is 13.0 Å². The minimum absolute atomic E-state index is 0.0577. The van der Waals surface area contributed by atoms with Crippen molar-refractivity contribution in [3.05, 3.63) is 78.4 Å². The van der Waals surface area contributed by atoms with Gasteiger partial charge in [0.15, 0.2) is 5.58 Å². The van der Waals surface area contributed by atoms with Crippen LogP contribution in [-0.4, -0.2) is 6.18 Å². The number of alkyl halides is 3. The summed E-state index contributed by atoms with van der Waals surface area (Å²) in [6.07, 6.45) is 1.07. The zero-order valence-electron chi connectivity index (χ0n) is 17.1. The zero-order chi connectivity index (χ0) is 21.8. The van der Waals surface area contributed by atoms with E-state index in [9.17, 15) is 13.2 Å². The molecule has 0 aliphatic heterocycles. The molecule has 29 heavy (non-hydrogen) atoms. The van der Waals surface area contributed by atoms with Crippen molar-refractivity contribution in [2.75, 3.05) is 5.73 Å². The Morgan fingerprint density at radius 1 is 0.966 bits per heavy atom. The second-order valence-corrected chi connectivity index (χ2v) is 7.67. The van der Waals surface area contributed by atoms with Gasteiger partial charge in [0.1, 0.15) is 5.58 Å². The van der Waals surface area contributed by atoms with Gasteiger partial charge in [-0.2, -0.15) is 13.2 Å². The Hall–Kier alpha value is -2.95. The molecule has 2 aromatic carbocycles. The fraction of sp³-hybridized carbons (Fsp3) is 0.250. The first-order valence-electron chi connectivity index (χ1n) is 9.22. The van der Waals surface area contributed by atoms with Gasteiger partial charge < -0.3 is 10.2 Å². The lowest BCUT2D eigenvalue weighted by atomic mass is 9.86. The zero-order valence-corrected chi connectivity index (χ0v) is 17.1. The maximum absolute atomic E-state index is 11.7. The van der Waals surface area contributed by atoms with Gasteiger partial charge in [0.05, 0.1) is 5.69 Å². The SMILES string of the molecule is C=C(/C=C\C=C/C)C(F)(F)F.CC(C)(C)c1cccc2c1oc1c(N)cccc12. The smallest absolute Gasteiger partial charge is 0.415 e. The highest BCUT2D eigenvalue weighted by atomic mass is 19.4. The van der Waals surface area contributed by atoms with Gasteiger partial charge in [0.2, 0.25) is 0 Å². The summed E-state index contributed by atoms with van der Waals surface area (Å²) in [4.78, 5) is 0. The Kier molecular flexibility index (Phi) is 6.62. The van der Waals surface area contributed by atoms with Gasteiger partial charge >= 0.3 is 6.18 Å². The van der Waals surface area contributed by atoms with Crippen molar-refractivity contribution in [2.45, 2.75) is 39.3 Å². The molecule has 0 aliphatic carbocycles. The molecule has 0 bridgehead atoms. The van der Waals surface area contributed by atoms with Gasteiger partial charge in [-0.25, -0.2) is 0 Å². The monoisotopic (exact) mass is 401 g/mol. The third-order valence-corrected chi connectivity index (χ3v) is 4.33. The van der Waals surface area contributed by atoms with E-state index in [4.69, 9.17) is 10.2 Å². The largest absolute Gasteiger partial charge is 0.454 e. The average molecular weight is 401 g/mol. The van der Waals surface area contributed by atoms with Crippen LogP contribution >= 0.6 is 0 Å². The van der Waals surface area contributed by atoms with E-state index < -0.39 is 11.7 Å². The van der Waals surface area contributed by atoms with E-state index in [-0.39, 0.29) is 5.41 Å². The van der Waals surface area contributed by atoms with Gasteiger partial charge in [-0.3, -0.25) is 0 Å². The minimum Gasteiger partial charge on any atom is -0.454 e. The average Bonchev–Trinajstić information content (AvgIpc) is 3.01. The van der Waals surface area contributed by atoms with Gasteiger partial charge in [0.25, 0.3) is 0 Å². The summed E-state index contributed by atoms with van der Waals surface area (Å²) in [6.45, 7) is 11.2. The number of nitrogens with two attached hydrogens (primary N) is 1. The molecule has 1 aromatic heterocycles. The molecule has 5 heteroatoms. The normalized spacial score (nSPS) is 12.7. The topological polar surface area (TPSA) is 39.2 Å². The summed E-state index contributed by atoms with van der Waals surface area (Å²) in [6, 6.07) is 12.2. The first kappa shape index (κ1) is 22.3. The van der Waals surface area contributed by atoms with Crippen molar-refractivity contribution in [2.24, 2.45) is 0 Å². The number of rotatable bonds is 2. The molecule has 0 fully saturated rings. The lowest BCUT2D eigenvalue weighted by Crippen LogP contribution is -2.10. The van der Waals surface area contributed by atoms with Crippen LogP contribution < -0.4 is 5.73 Å². The van der Waals surface area contributed by atoms with Crippen molar-refractivity contribution < 1.29 is 17.6 Å². The molecule has 2 N–H and O–H groups in total. The summed E-state index contributed by atoms with van der Waals surface area (Å²) in [5.41, 5.74) is 8.87. The van der Waals surface area contributed by atoms with Crippen molar-refractivity contribution in [1.82, 2.24) is 0 Å². The quantitative estimate of drug-likeness (QED) is 0.353. The summed E-state index contributed by atoms with van der Waals surface area (Å²) in [5, 5.41) is 2.24. The van der Waals surface area contributed by atoms with E-state index in [0.717, 1.165) is 28.0 Å². The molecule has 0 spiro atoms. The fourth-order valence-electron chi connectivity index (χ4n) is 2.81. The van der Waals surface area contributed by atoms with Gasteiger partial charge in [-0.15, -0.1) is 0 Å². The molecule has 0 saturated carbocycles. The molecule has 3 rings (SSSR count). The molecular weight excluding hydrogens is 375 g/mol. The van der Waals surface area contributed by atoms with Crippen LogP contribution in [-0.2, 0) is 5.41 Å². The molecule has 0 atom stereocenters. The van der Waals surface area contributed by atoms with E-state index >= 15 is 0 Å². The first-order valence-corrected chi connectivity index (χ1v) is 9.22. The first-order chi connectivity index (χ1) is 13.5. The predicted octanol–water partition coefficient (Wildman–Crippen LogP) is 7.70. The summed E-state index contributed by atoms with van der Waals surface area (Å²) < 4.78 is 41.1. The number of furan rings is 1. The number of anilines is 1. The highest BCUT2D eigenvalue weighted by molar-refractivity contribution is 6.09. The molecule has 0 aliphatic rings. The van der Waals surface area contributed by atoms with Crippen LogP contribution in [0.4, 0.5) is 18.9 Å². The second kappa shape index (κ2) is 8.60. The lowest BCUT2D eigenvalue weighted by molar-refractivity contribution is -0.0878. The molecule has 0 amide bonds. The highest BCUT2D eigenvalue weighted by Gasteiger charge is 2.29. The van der Waals surface area contributed by atoms with E-state index in [2.05, 4.69) is 51.6 Å². The van der Waals surface area contributed by atoms with Crippen LogP contribution in [0.1, 0.15) is 33.3 Å². The number of hydrogen-bond donors (Lipinski definition) is 1. The molecule has 3 aromatic rings. The van der Waals surface area contributed by atoms with Gasteiger partial charge in [0, 0.05) is 21.9 Å². The number of allylic oxidation sites excluding steroid dienone is 5. The molecular formula is C24H26F3NO. The Morgan fingerprint density at radius 3 is 2.10 bits per heavy atom. The molecule has 1 heterocycles. The minimum atomic E-state index is -4.31. The molecule has 0 radical (unpaired) electrons. The van der Waals surface area contributed by atoms with Crippen molar-refractivity contribution in [1.29, 1.82) is 0 Å². The van der Waals surface area contributed by atoms with Crippen LogP contribution in [0, 0.1) is 0 Å². The van der Waals surface area contributed by atoms with Crippen LogP contribution in [0.5, 0.6) is 0 Å². The molecule has 0 saturated heterocycles. The van der Waals surface area contributed by atoms with Crippen molar-refractivity contribution in [3.8, 4) is 0 Å². The van der Waals surface area contributed by atoms with Crippen molar-refractivity contribution >= 4 is 27.6 Å². The molecule has 2 nitrogen and oxygen atoms in total. The molecule has 154 valence electrons. The Bertz CT molecular complexity index is 1060. The number of halogens is 3. The Morgan fingerprint density at radius 2 is 1.55 bits per heavy atom.